The minimum Gasteiger partial charge on any atom is -0.507 e. The van der Waals surface area contributed by atoms with Crippen molar-refractivity contribution in [2.45, 2.75) is 0 Å². The van der Waals surface area contributed by atoms with Gasteiger partial charge in [0, 0.05) is 10.0 Å². The molecule has 0 aliphatic carbocycles. The lowest BCUT2D eigenvalue weighted by Gasteiger charge is -2.08. The third-order valence-corrected chi connectivity index (χ3v) is 3.75. The third kappa shape index (κ3) is 3.33. The summed E-state index contributed by atoms with van der Waals surface area (Å²) in [5, 5.41) is 12.1. The first-order valence-corrected chi connectivity index (χ1v) is 6.81. The lowest BCUT2D eigenvalue weighted by molar-refractivity contribution is 0.102. The highest BCUT2D eigenvalue weighted by atomic mass is 79.9. The lowest BCUT2D eigenvalue weighted by Crippen LogP contribution is -2.12. The van der Waals surface area contributed by atoms with Crippen LogP contribution in [0, 0.1) is 5.82 Å². The Balaban J connectivity index is 2.25. The Morgan fingerprint density at radius 3 is 2.47 bits per heavy atom. The van der Waals surface area contributed by atoms with Crippen LogP contribution in [0.1, 0.15) is 10.4 Å². The van der Waals surface area contributed by atoms with E-state index < -0.39 is 11.7 Å². The minimum atomic E-state index is -0.447. The number of phenolic OH excluding ortho intramolecular Hbond substituents is 1. The van der Waals surface area contributed by atoms with E-state index in [0.717, 1.165) is 0 Å². The standard InChI is InChI=1S/C13H8Br2FNO2/c14-9-4-2-8(16)6-11(9)17-13(19)7-1-3-10(15)12(18)5-7/h1-6,18H,(H,17,19). The SMILES string of the molecule is O=C(Nc1cc(F)ccc1Br)c1ccc(Br)c(O)c1. The molecule has 6 heteroatoms. The van der Waals surface area contributed by atoms with Crippen LogP contribution < -0.4 is 5.32 Å². The zero-order valence-corrected chi connectivity index (χ0v) is 12.6. The van der Waals surface area contributed by atoms with Crippen molar-refractivity contribution in [1.29, 1.82) is 0 Å². The van der Waals surface area contributed by atoms with Gasteiger partial charge >= 0.3 is 0 Å². The number of anilines is 1. The maximum absolute atomic E-state index is 13.1. The van der Waals surface area contributed by atoms with E-state index >= 15 is 0 Å². The van der Waals surface area contributed by atoms with Gasteiger partial charge in [0.15, 0.2) is 0 Å². The van der Waals surface area contributed by atoms with Gasteiger partial charge in [-0.2, -0.15) is 0 Å². The van der Waals surface area contributed by atoms with Crippen molar-refractivity contribution >= 4 is 43.5 Å². The Bertz CT molecular complexity index is 647. The van der Waals surface area contributed by atoms with E-state index in [4.69, 9.17) is 0 Å². The largest absolute Gasteiger partial charge is 0.507 e. The molecule has 2 rings (SSSR count). The molecule has 19 heavy (non-hydrogen) atoms. The van der Waals surface area contributed by atoms with Crippen molar-refractivity contribution in [3.63, 3.8) is 0 Å². The van der Waals surface area contributed by atoms with Gasteiger partial charge in [0.05, 0.1) is 10.2 Å². The maximum Gasteiger partial charge on any atom is 0.255 e. The number of halogens is 3. The summed E-state index contributed by atoms with van der Waals surface area (Å²) < 4.78 is 14.2. The molecule has 0 aliphatic heterocycles. The molecule has 0 fully saturated rings. The van der Waals surface area contributed by atoms with E-state index in [0.29, 0.717) is 14.6 Å². The van der Waals surface area contributed by atoms with E-state index in [1.165, 1.54) is 24.3 Å². The molecule has 0 bridgehead atoms. The van der Waals surface area contributed by atoms with Gasteiger partial charge in [-0.1, -0.05) is 0 Å². The van der Waals surface area contributed by atoms with Crippen molar-refractivity contribution < 1.29 is 14.3 Å². The maximum atomic E-state index is 13.1. The van der Waals surface area contributed by atoms with Crippen LogP contribution in [0.15, 0.2) is 45.3 Å². The van der Waals surface area contributed by atoms with Gasteiger partial charge in [-0.05, 0) is 68.3 Å². The molecule has 3 nitrogen and oxygen atoms in total. The number of nitrogens with one attached hydrogen (secondary N) is 1. The molecule has 0 unspecified atom stereocenters. The van der Waals surface area contributed by atoms with Crippen LogP contribution >= 0.6 is 31.9 Å². The van der Waals surface area contributed by atoms with Gasteiger partial charge in [0.25, 0.3) is 5.91 Å². The molecule has 2 aromatic rings. The number of hydrogen-bond donors (Lipinski definition) is 2. The van der Waals surface area contributed by atoms with E-state index in [1.807, 2.05) is 0 Å². The summed E-state index contributed by atoms with van der Waals surface area (Å²) in [4.78, 5) is 12.0. The molecule has 0 saturated heterocycles. The molecule has 2 N–H and O–H groups in total. The molecule has 2 aromatic carbocycles. The van der Waals surface area contributed by atoms with Gasteiger partial charge in [-0.15, -0.1) is 0 Å². The zero-order valence-electron chi connectivity index (χ0n) is 9.45. The van der Waals surface area contributed by atoms with Crippen LogP contribution in [0.4, 0.5) is 10.1 Å². The summed E-state index contributed by atoms with van der Waals surface area (Å²) in [5.74, 6) is -0.919. The normalized spacial score (nSPS) is 10.3. The van der Waals surface area contributed by atoms with Crippen molar-refractivity contribution in [2.24, 2.45) is 0 Å². The lowest BCUT2D eigenvalue weighted by atomic mass is 10.2. The Labute approximate surface area is 125 Å². The molecule has 0 saturated carbocycles. The predicted molar refractivity (Wildman–Crippen MR) is 77.9 cm³/mol. The number of carbonyl (C=O) groups is 1. The van der Waals surface area contributed by atoms with Crippen LogP contribution in [-0.4, -0.2) is 11.0 Å². The number of hydrogen-bond acceptors (Lipinski definition) is 2. The van der Waals surface area contributed by atoms with Crippen LogP contribution in [0.25, 0.3) is 0 Å². The second kappa shape index (κ2) is 5.71. The Hall–Kier alpha value is -1.40. The third-order valence-electron chi connectivity index (χ3n) is 2.38. The summed E-state index contributed by atoms with van der Waals surface area (Å²) in [6, 6.07) is 8.43. The topological polar surface area (TPSA) is 49.3 Å². The second-order valence-electron chi connectivity index (χ2n) is 3.74. The summed E-state index contributed by atoms with van der Waals surface area (Å²) in [6.45, 7) is 0. The molecule has 98 valence electrons. The quantitative estimate of drug-likeness (QED) is 0.805. The summed E-state index contributed by atoms with van der Waals surface area (Å²) >= 11 is 6.35. The van der Waals surface area contributed by atoms with Gasteiger partial charge < -0.3 is 10.4 Å². The fourth-order valence-corrected chi connectivity index (χ4v) is 2.03. The summed E-state index contributed by atoms with van der Waals surface area (Å²) in [5.41, 5.74) is 0.601. The Kier molecular flexibility index (Phi) is 4.21. The molecule has 0 radical (unpaired) electrons. The average Bonchev–Trinajstić information content (AvgIpc) is 2.37. The Morgan fingerprint density at radius 2 is 1.79 bits per heavy atom. The number of phenols is 1. The summed E-state index contributed by atoms with van der Waals surface area (Å²) in [6.07, 6.45) is 0. The predicted octanol–water partition coefficient (Wildman–Crippen LogP) is 4.31. The molecule has 0 spiro atoms. The molecular formula is C13H8Br2FNO2. The number of amides is 1. The second-order valence-corrected chi connectivity index (χ2v) is 5.45. The molecule has 0 aliphatic rings. The van der Waals surface area contributed by atoms with Crippen molar-refractivity contribution in [3.8, 4) is 5.75 Å². The highest BCUT2D eigenvalue weighted by Gasteiger charge is 2.11. The van der Waals surface area contributed by atoms with E-state index in [2.05, 4.69) is 37.2 Å². The van der Waals surface area contributed by atoms with Crippen molar-refractivity contribution in [3.05, 3.63) is 56.7 Å². The number of aromatic hydroxyl groups is 1. The first-order valence-electron chi connectivity index (χ1n) is 5.22. The van der Waals surface area contributed by atoms with E-state index in [1.54, 1.807) is 12.1 Å². The number of rotatable bonds is 2. The van der Waals surface area contributed by atoms with Gasteiger partial charge in [-0.3, -0.25) is 4.79 Å². The summed E-state index contributed by atoms with van der Waals surface area (Å²) in [7, 11) is 0. The first kappa shape index (κ1) is 14.0. The smallest absolute Gasteiger partial charge is 0.255 e. The number of carbonyl (C=O) groups excluding carboxylic acids is 1. The van der Waals surface area contributed by atoms with Gasteiger partial charge in [0.2, 0.25) is 0 Å². The van der Waals surface area contributed by atoms with Crippen molar-refractivity contribution in [2.75, 3.05) is 5.32 Å². The first-order chi connectivity index (χ1) is 8.97. The molecule has 0 aromatic heterocycles. The fourth-order valence-electron chi connectivity index (χ4n) is 1.44. The highest BCUT2D eigenvalue weighted by molar-refractivity contribution is 9.11. The molecule has 0 heterocycles. The van der Waals surface area contributed by atoms with Crippen LogP contribution in [0.5, 0.6) is 5.75 Å². The van der Waals surface area contributed by atoms with E-state index in [-0.39, 0.29) is 11.3 Å². The van der Waals surface area contributed by atoms with Crippen LogP contribution in [0.2, 0.25) is 0 Å². The average molecular weight is 389 g/mol. The minimum absolute atomic E-state index is 0.0362. The van der Waals surface area contributed by atoms with Gasteiger partial charge in [0.1, 0.15) is 11.6 Å². The van der Waals surface area contributed by atoms with Gasteiger partial charge in [-0.25, -0.2) is 4.39 Å². The molecular weight excluding hydrogens is 381 g/mol. The van der Waals surface area contributed by atoms with Crippen molar-refractivity contribution in [1.82, 2.24) is 0 Å². The zero-order chi connectivity index (χ0) is 14.0. The number of benzene rings is 2. The monoisotopic (exact) mass is 387 g/mol. The van der Waals surface area contributed by atoms with Crippen LogP contribution in [0.3, 0.4) is 0 Å². The fraction of sp³-hybridized carbons (Fsp3) is 0. The highest BCUT2D eigenvalue weighted by Crippen LogP contribution is 2.26. The van der Waals surface area contributed by atoms with E-state index in [9.17, 15) is 14.3 Å². The molecule has 1 amide bonds. The van der Waals surface area contributed by atoms with Crippen LogP contribution in [-0.2, 0) is 0 Å². The Morgan fingerprint density at radius 1 is 1.11 bits per heavy atom. The molecule has 0 atom stereocenters.